The van der Waals surface area contributed by atoms with Gasteiger partial charge in [0.15, 0.2) is 0 Å². The molecule has 2 aromatic carbocycles. The van der Waals surface area contributed by atoms with Gasteiger partial charge in [-0.25, -0.2) is 4.79 Å². The molecule has 0 unspecified atom stereocenters. The number of hydrogen-bond donors (Lipinski definition) is 2. The van der Waals surface area contributed by atoms with Crippen molar-refractivity contribution in [3.05, 3.63) is 65.2 Å². The van der Waals surface area contributed by atoms with E-state index in [0.717, 1.165) is 17.7 Å². The molecule has 0 radical (unpaired) electrons. The Balaban J connectivity index is 1.85. The van der Waals surface area contributed by atoms with Crippen LogP contribution in [0.1, 0.15) is 34.8 Å². The van der Waals surface area contributed by atoms with Crippen LogP contribution in [0, 0.1) is 0 Å². The standard InChI is InChI=1S/C19H22N2O4/c1-2-10-24-17-8-6-14(7-9-17)12-18(20)21-25-13-15-4-3-5-16(11-15)19(22)23/h3-9,11H,2,10,12-13H2,1H3,(H2,20,21)(H,22,23). The van der Waals surface area contributed by atoms with E-state index in [1.165, 1.54) is 6.07 Å². The average molecular weight is 342 g/mol. The van der Waals surface area contributed by atoms with Gasteiger partial charge in [0.1, 0.15) is 18.2 Å². The number of nitrogens with zero attached hydrogens (tertiary/aromatic N) is 1. The Bertz CT molecular complexity index is 726. The van der Waals surface area contributed by atoms with E-state index in [4.69, 9.17) is 20.4 Å². The van der Waals surface area contributed by atoms with Crippen molar-refractivity contribution in [2.75, 3.05) is 6.61 Å². The number of amidine groups is 1. The molecule has 0 fully saturated rings. The molecule has 0 aliphatic heterocycles. The van der Waals surface area contributed by atoms with Gasteiger partial charge in [0.25, 0.3) is 0 Å². The zero-order valence-electron chi connectivity index (χ0n) is 14.1. The summed E-state index contributed by atoms with van der Waals surface area (Å²) in [5.74, 6) is 0.198. The first-order valence-corrected chi connectivity index (χ1v) is 8.06. The van der Waals surface area contributed by atoms with Crippen molar-refractivity contribution in [2.24, 2.45) is 10.9 Å². The predicted octanol–water partition coefficient (Wildman–Crippen LogP) is 3.21. The van der Waals surface area contributed by atoms with Crippen molar-refractivity contribution >= 4 is 11.8 Å². The lowest BCUT2D eigenvalue weighted by molar-refractivity contribution is 0.0696. The summed E-state index contributed by atoms with van der Waals surface area (Å²) in [5, 5.41) is 12.8. The summed E-state index contributed by atoms with van der Waals surface area (Å²) in [6.07, 6.45) is 1.43. The van der Waals surface area contributed by atoms with Crippen LogP contribution in [0.5, 0.6) is 5.75 Å². The summed E-state index contributed by atoms with van der Waals surface area (Å²) in [6, 6.07) is 14.2. The van der Waals surface area contributed by atoms with Gasteiger partial charge in [0.2, 0.25) is 0 Å². The van der Waals surface area contributed by atoms with Crippen LogP contribution in [0.25, 0.3) is 0 Å². The van der Waals surface area contributed by atoms with Crippen LogP contribution < -0.4 is 10.5 Å². The summed E-state index contributed by atoms with van der Waals surface area (Å²) in [7, 11) is 0. The third kappa shape index (κ3) is 6.18. The second-order valence-corrected chi connectivity index (χ2v) is 5.53. The van der Waals surface area contributed by atoms with Gasteiger partial charge in [-0.3, -0.25) is 0 Å². The smallest absolute Gasteiger partial charge is 0.335 e. The van der Waals surface area contributed by atoms with Gasteiger partial charge in [-0.15, -0.1) is 0 Å². The molecule has 0 atom stereocenters. The van der Waals surface area contributed by atoms with E-state index in [-0.39, 0.29) is 12.2 Å². The van der Waals surface area contributed by atoms with Crippen molar-refractivity contribution in [3.8, 4) is 5.75 Å². The second-order valence-electron chi connectivity index (χ2n) is 5.53. The third-order valence-corrected chi connectivity index (χ3v) is 3.37. The molecule has 0 saturated heterocycles. The number of rotatable bonds is 9. The highest BCUT2D eigenvalue weighted by Gasteiger charge is 2.04. The Kier molecular flexibility index (Phi) is 6.83. The number of oxime groups is 1. The van der Waals surface area contributed by atoms with Crippen LogP contribution >= 0.6 is 0 Å². The molecule has 0 aliphatic rings. The van der Waals surface area contributed by atoms with Gasteiger partial charge in [-0.2, -0.15) is 0 Å². The number of carboxylic acids is 1. The molecular formula is C19H22N2O4. The molecule has 6 nitrogen and oxygen atoms in total. The maximum Gasteiger partial charge on any atom is 0.335 e. The molecular weight excluding hydrogens is 320 g/mol. The minimum absolute atomic E-state index is 0.158. The second kappa shape index (κ2) is 9.32. The number of benzene rings is 2. The van der Waals surface area contributed by atoms with E-state index in [9.17, 15) is 4.79 Å². The molecule has 0 saturated carbocycles. The SMILES string of the molecule is CCCOc1ccc(C/C(N)=N/OCc2cccc(C(=O)O)c2)cc1. The summed E-state index contributed by atoms with van der Waals surface area (Å²) in [4.78, 5) is 16.1. The zero-order valence-corrected chi connectivity index (χ0v) is 14.1. The summed E-state index contributed by atoms with van der Waals surface area (Å²) in [5.41, 5.74) is 7.80. The lowest BCUT2D eigenvalue weighted by Crippen LogP contribution is -2.15. The summed E-state index contributed by atoms with van der Waals surface area (Å²) in [6.45, 7) is 2.91. The van der Waals surface area contributed by atoms with Crippen LogP contribution in [-0.4, -0.2) is 23.5 Å². The predicted molar refractivity (Wildman–Crippen MR) is 95.7 cm³/mol. The lowest BCUT2D eigenvalue weighted by atomic mass is 10.1. The Hall–Kier alpha value is -3.02. The van der Waals surface area contributed by atoms with E-state index < -0.39 is 5.97 Å². The van der Waals surface area contributed by atoms with E-state index in [2.05, 4.69) is 12.1 Å². The van der Waals surface area contributed by atoms with Crippen LogP contribution in [0.15, 0.2) is 53.7 Å². The topological polar surface area (TPSA) is 94.1 Å². The number of nitrogens with two attached hydrogens (primary N) is 1. The minimum atomic E-state index is -0.976. The first-order chi connectivity index (χ1) is 12.1. The van der Waals surface area contributed by atoms with E-state index in [1.807, 2.05) is 24.3 Å². The number of carbonyl (C=O) groups is 1. The van der Waals surface area contributed by atoms with Gasteiger partial charge >= 0.3 is 5.97 Å². The molecule has 0 amide bonds. The summed E-state index contributed by atoms with van der Waals surface area (Å²) < 4.78 is 5.53. The lowest BCUT2D eigenvalue weighted by Gasteiger charge is -2.06. The first kappa shape index (κ1) is 18.3. The Labute approximate surface area is 146 Å². The molecule has 0 aliphatic carbocycles. The van der Waals surface area contributed by atoms with Gasteiger partial charge in [0, 0.05) is 6.42 Å². The van der Waals surface area contributed by atoms with Crippen molar-refractivity contribution < 1.29 is 19.5 Å². The van der Waals surface area contributed by atoms with Crippen LogP contribution in [-0.2, 0) is 17.9 Å². The molecule has 6 heteroatoms. The molecule has 132 valence electrons. The van der Waals surface area contributed by atoms with Crippen molar-refractivity contribution in [1.29, 1.82) is 0 Å². The van der Waals surface area contributed by atoms with Gasteiger partial charge in [-0.1, -0.05) is 36.3 Å². The number of aromatic carboxylic acids is 1. The Morgan fingerprint density at radius 1 is 1.16 bits per heavy atom. The molecule has 25 heavy (non-hydrogen) atoms. The fraction of sp³-hybridized carbons (Fsp3) is 0.263. The molecule has 0 heterocycles. The maximum atomic E-state index is 10.9. The first-order valence-electron chi connectivity index (χ1n) is 8.06. The van der Waals surface area contributed by atoms with E-state index in [0.29, 0.717) is 24.4 Å². The summed E-state index contributed by atoms with van der Waals surface area (Å²) >= 11 is 0. The van der Waals surface area contributed by atoms with E-state index in [1.54, 1.807) is 18.2 Å². The largest absolute Gasteiger partial charge is 0.494 e. The normalized spacial score (nSPS) is 11.2. The highest BCUT2D eigenvalue weighted by Crippen LogP contribution is 2.13. The van der Waals surface area contributed by atoms with E-state index >= 15 is 0 Å². The fourth-order valence-electron chi connectivity index (χ4n) is 2.15. The van der Waals surface area contributed by atoms with Gasteiger partial charge in [-0.05, 0) is 41.8 Å². The highest BCUT2D eigenvalue weighted by molar-refractivity contribution is 5.87. The maximum absolute atomic E-state index is 10.9. The van der Waals surface area contributed by atoms with Gasteiger partial charge in [0.05, 0.1) is 12.2 Å². The zero-order chi connectivity index (χ0) is 18.1. The van der Waals surface area contributed by atoms with Crippen molar-refractivity contribution in [1.82, 2.24) is 0 Å². The van der Waals surface area contributed by atoms with Gasteiger partial charge < -0.3 is 20.4 Å². The Morgan fingerprint density at radius 2 is 1.92 bits per heavy atom. The number of ether oxygens (including phenoxy) is 1. The molecule has 0 bridgehead atoms. The molecule has 2 aromatic rings. The molecule has 3 N–H and O–H groups in total. The quantitative estimate of drug-likeness (QED) is 0.414. The monoisotopic (exact) mass is 342 g/mol. The molecule has 0 spiro atoms. The van der Waals surface area contributed by atoms with Crippen molar-refractivity contribution in [3.63, 3.8) is 0 Å². The number of carboxylic acid groups (broad SMARTS) is 1. The molecule has 2 rings (SSSR count). The average Bonchev–Trinajstić information content (AvgIpc) is 2.61. The molecule has 0 aromatic heterocycles. The highest BCUT2D eigenvalue weighted by atomic mass is 16.6. The van der Waals surface area contributed by atoms with Crippen LogP contribution in [0.3, 0.4) is 0 Å². The third-order valence-electron chi connectivity index (χ3n) is 3.37. The van der Waals surface area contributed by atoms with Crippen LogP contribution in [0.4, 0.5) is 0 Å². The van der Waals surface area contributed by atoms with Crippen molar-refractivity contribution in [2.45, 2.75) is 26.4 Å². The number of hydrogen-bond acceptors (Lipinski definition) is 4. The van der Waals surface area contributed by atoms with Crippen LogP contribution in [0.2, 0.25) is 0 Å². The minimum Gasteiger partial charge on any atom is -0.494 e. The fourth-order valence-corrected chi connectivity index (χ4v) is 2.15. The Morgan fingerprint density at radius 3 is 2.60 bits per heavy atom.